The number of amides is 2. The van der Waals surface area contributed by atoms with Gasteiger partial charge in [-0.2, -0.15) is 5.26 Å². The molecule has 1 fully saturated rings. The Balaban J connectivity index is 1.54. The zero-order valence-electron chi connectivity index (χ0n) is 17.8. The van der Waals surface area contributed by atoms with Crippen molar-refractivity contribution in [2.24, 2.45) is 0 Å². The Labute approximate surface area is 190 Å². The van der Waals surface area contributed by atoms with E-state index in [1.807, 2.05) is 6.07 Å². The molecule has 0 bridgehead atoms. The van der Waals surface area contributed by atoms with Crippen LogP contribution in [0.25, 0.3) is 0 Å². The number of pyridine rings is 1. The number of nitriles is 1. The van der Waals surface area contributed by atoms with Crippen LogP contribution < -0.4 is 4.90 Å². The van der Waals surface area contributed by atoms with E-state index in [1.165, 1.54) is 23.9 Å². The molecule has 0 saturated carbocycles. The molecule has 7 nitrogen and oxygen atoms in total. The molecule has 2 aliphatic rings. The third-order valence-corrected chi connectivity index (χ3v) is 6.82. The van der Waals surface area contributed by atoms with Gasteiger partial charge < -0.3 is 4.74 Å². The van der Waals surface area contributed by atoms with Crippen LogP contribution in [0.1, 0.15) is 59.8 Å². The summed E-state index contributed by atoms with van der Waals surface area (Å²) in [7, 11) is 0. The molecule has 164 valence electrons. The van der Waals surface area contributed by atoms with Crippen molar-refractivity contribution in [3.05, 3.63) is 52.7 Å². The molecule has 4 rings (SSSR count). The number of esters is 1. The number of thioether (sulfide) groups is 1. The highest BCUT2D eigenvalue weighted by Crippen LogP contribution is 2.36. The van der Waals surface area contributed by atoms with Crippen molar-refractivity contribution in [3.63, 3.8) is 0 Å². The zero-order chi connectivity index (χ0) is 22.7. The Morgan fingerprint density at radius 2 is 1.97 bits per heavy atom. The maximum absolute atomic E-state index is 13.1. The number of carbonyl (C=O) groups is 3. The van der Waals surface area contributed by atoms with Crippen molar-refractivity contribution in [1.29, 1.82) is 5.26 Å². The van der Waals surface area contributed by atoms with Gasteiger partial charge in [0.25, 0.3) is 0 Å². The molecule has 2 heterocycles. The Bertz CT molecular complexity index is 1110. The van der Waals surface area contributed by atoms with Crippen molar-refractivity contribution in [1.82, 2.24) is 4.98 Å². The van der Waals surface area contributed by atoms with Crippen LogP contribution in [-0.2, 0) is 27.2 Å². The van der Waals surface area contributed by atoms with E-state index in [-0.39, 0.29) is 24.8 Å². The van der Waals surface area contributed by atoms with Gasteiger partial charge >= 0.3 is 5.97 Å². The van der Waals surface area contributed by atoms with Crippen LogP contribution in [0.4, 0.5) is 5.69 Å². The number of benzene rings is 1. The maximum atomic E-state index is 13.1. The summed E-state index contributed by atoms with van der Waals surface area (Å²) in [6.07, 6.45) is 5.11. The van der Waals surface area contributed by atoms with E-state index in [0.29, 0.717) is 21.8 Å². The highest BCUT2D eigenvalue weighted by atomic mass is 32.2. The van der Waals surface area contributed by atoms with Crippen LogP contribution in [0, 0.1) is 11.3 Å². The van der Waals surface area contributed by atoms with Gasteiger partial charge in [0.2, 0.25) is 11.8 Å². The highest BCUT2D eigenvalue weighted by molar-refractivity contribution is 8.00. The van der Waals surface area contributed by atoms with Crippen LogP contribution in [0.3, 0.4) is 0 Å². The first-order valence-electron chi connectivity index (χ1n) is 10.8. The highest BCUT2D eigenvalue weighted by Gasteiger charge is 2.41. The summed E-state index contributed by atoms with van der Waals surface area (Å²) < 4.78 is 4.97. The van der Waals surface area contributed by atoms with Gasteiger partial charge in [0.05, 0.1) is 28.7 Å². The number of nitrogens with zero attached hydrogens (tertiary/aromatic N) is 3. The number of carbonyl (C=O) groups excluding carboxylic acids is 3. The molecule has 2 aromatic rings. The smallest absolute Gasteiger partial charge is 0.338 e. The number of rotatable bonds is 5. The van der Waals surface area contributed by atoms with Gasteiger partial charge in [-0.3, -0.25) is 9.59 Å². The van der Waals surface area contributed by atoms with E-state index in [1.54, 1.807) is 19.1 Å². The molecule has 0 radical (unpaired) electrons. The van der Waals surface area contributed by atoms with Gasteiger partial charge in [-0.25, -0.2) is 14.7 Å². The number of ether oxygens (including phenoxy) is 1. The van der Waals surface area contributed by atoms with Gasteiger partial charge in [0, 0.05) is 12.1 Å². The van der Waals surface area contributed by atoms with Gasteiger partial charge in [-0.1, -0.05) is 18.2 Å². The zero-order valence-corrected chi connectivity index (χ0v) is 18.6. The lowest BCUT2D eigenvalue weighted by atomic mass is 10.1. The van der Waals surface area contributed by atoms with Crippen LogP contribution >= 0.6 is 11.8 Å². The van der Waals surface area contributed by atoms with E-state index in [0.717, 1.165) is 48.3 Å². The third kappa shape index (κ3) is 4.39. The molecule has 1 aromatic carbocycles. The van der Waals surface area contributed by atoms with Crippen molar-refractivity contribution < 1.29 is 19.1 Å². The van der Waals surface area contributed by atoms with Gasteiger partial charge in [-0.05, 0) is 68.5 Å². The Morgan fingerprint density at radius 1 is 1.22 bits per heavy atom. The minimum Gasteiger partial charge on any atom is -0.462 e. The van der Waals surface area contributed by atoms with Crippen LogP contribution in [0.2, 0.25) is 0 Å². The van der Waals surface area contributed by atoms with E-state index in [2.05, 4.69) is 6.07 Å². The molecule has 1 atom stereocenters. The third-order valence-electron chi connectivity index (χ3n) is 5.63. The van der Waals surface area contributed by atoms with Crippen molar-refractivity contribution in [2.75, 3.05) is 11.5 Å². The van der Waals surface area contributed by atoms with Gasteiger partial charge in [0.1, 0.15) is 11.1 Å². The fourth-order valence-corrected chi connectivity index (χ4v) is 5.12. The largest absolute Gasteiger partial charge is 0.462 e. The number of aryl methyl sites for hydroxylation is 2. The first kappa shape index (κ1) is 22.0. The number of aromatic nitrogens is 1. The van der Waals surface area contributed by atoms with E-state index < -0.39 is 11.2 Å². The van der Waals surface area contributed by atoms with E-state index in [4.69, 9.17) is 9.72 Å². The number of imide groups is 1. The molecule has 0 spiro atoms. The number of anilines is 1. The molecule has 1 aliphatic heterocycles. The summed E-state index contributed by atoms with van der Waals surface area (Å²) in [5.41, 5.74) is 3.32. The average Bonchev–Trinajstić information content (AvgIpc) is 2.94. The van der Waals surface area contributed by atoms with Crippen LogP contribution in [0.15, 0.2) is 35.4 Å². The molecule has 1 aromatic heterocycles. The fraction of sp³-hybridized carbons (Fsp3) is 0.375. The predicted octanol–water partition coefficient (Wildman–Crippen LogP) is 3.82. The molecule has 0 N–H and O–H groups in total. The summed E-state index contributed by atoms with van der Waals surface area (Å²) in [5.74, 6) is -1.11. The molecule has 1 unspecified atom stereocenters. The molecule has 2 amide bonds. The molecular weight excluding hydrogens is 426 g/mol. The first-order chi connectivity index (χ1) is 15.5. The minimum atomic E-state index is -0.643. The van der Waals surface area contributed by atoms with Crippen molar-refractivity contribution in [2.45, 2.75) is 55.7 Å². The van der Waals surface area contributed by atoms with Crippen LogP contribution in [-0.4, -0.2) is 34.6 Å². The lowest BCUT2D eigenvalue weighted by Crippen LogP contribution is -2.31. The molecule has 1 saturated heterocycles. The summed E-state index contributed by atoms with van der Waals surface area (Å²) >= 11 is 1.19. The van der Waals surface area contributed by atoms with Crippen molar-refractivity contribution in [3.8, 4) is 6.07 Å². The number of fused-ring (bicyclic) bond motifs is 1. The summed E-state index contributed by atoms with van der Waals surface area (Å²) in [5, 5.41) is 9.49. The Morgan fingerprint density at radius 3 is 2.69 bits per heavy atom. The second-order valence-corrected chi connectivity index (χ2v) is 8.96. The van der Waals surface area contributed by atoms with E-state index in [9.17, 15) is 19.6 Å². The predicted molar refractivity (Wildman–Crippen MR) is 119 cm³/mol. The number of hydrogen-bond acceptors (Lipinski definition) is 7. The lowest BCUT2D eigenvalue weighted by molar-refractivity contribution is -0.121. The average molecular weight is 450 g/mol. The molecule has 8 heteroatoms. The lowest BCUT2D eigenvalue weighted by Gasteiger charge is -2.16. The SMILES string of the molecule is CCOC(=O)c1ccc(N2C(=O)CC(Sc3nc4c(cc3C#N)CCCCC4)C2=O)cc1. The molecule has 32 heavy (non-hydrogen) atoms. The summed E-state index contributed by atoms with van der Waals surface area (Å²) in [6, 6.07) is 10.3. The van der Waals surface area contributed by atoms with Gasteiger partial charge in [-0.15, -0.1) is 0 Å². The van der Waals surface area contributed by atoms with Crippen molar-refractivity contribution >= 4 is 35.2 Å². The summed E-state index contributed by atoms with van der Waals surface area (Å²) in [6.45, 7) is 1.99. The number of hydrogen-bond donors (Lipinski definition) is 0. The maximum Gasteiger partial charge on any atom is 0.338 e. The Hall–Kier alpha value is -3.18. The quantitative estimate of drug-likeness (QED) is 0.388. The molecule has 1 aliphatic carbocycles. The normalized spacial score (nSPS) is 18.1. The van der Waals surface area contributed by atoms with Crippen LogP contribution in [0.5, 0.6) is 0 Å². The minimum absolute atomic E-state index is 0.0345. The van der Waals surface area contributed by atoms with Gasteiger partial charge in [0.15, 0.2) is 0 Å². The second-order valence-electron chi connectivity index (χ2n) is 7.76. The topological polar surface area (TPSA) is 100 Å². The summed E-state index contributed by atoms with van der Waals surface area (Å²) in [4.78, 5) is 43.4. The fourth-order valence-electron chi connectivity index (χ4n) is 4.02. The molecular formula is C24H23N3O4S. The van der Waals surface area contributed by atoms with E-state index >= 15 is 0 Å². The Kier molecular flexibility index (Phi) is 6.56. The first-order valence-corrected chi connectivity index (χ1v) is 11.6. The standard InChI is InChI=1S/C24H23N3O4S/c1-2-31-24(30)15-8-10-18(11-9-15)27-21(28)13-20(23(27)29)32-22-17(14-25)12-16-6-4-3-5-7-19(16)26-22/h8-12,20H,2-7,13H2,1H3. The monoisotopic (exact) mass is 449 g/mol. The second kappa shape index (κ2) is 9.53.